The summed E-state index contributed by atoms with van der Waals surface area (Å²) in [6.07, 6.45) is 4.39. The highest BCUT2D eigenvalue weighted by atomic mass is 19.1. The lowest BCUT2D eigenvalue weighted by Crippen LogP contribution is -1.88. The molecule has 0 aliphatic heterocycles. The van der Waals surface area contributed by atoms with Crippen LogP contribution >= 0.6 is 0 Å². The van der Waals surface area contributed by atoms with Crippen LogP contribution in [0.3, 0.4) is 0 Å². The third-order valence-electron chi connectivity index (χ3n) is 1.82. The molecular formula is C10H14FN. The molecule has 0 radical (unpaired) electrons. The number of halogens is 1. The molecule has 0 bridgehead atoms. The Morgan fingerprint density at radius 2 is 2.17 bits per heavy atom. The van der Waals surface area contributed by atoms with Crippen LogP contribution in [-0.4, -0.2) is 11.7 Å². The van der Waals surface area contributed by atoms with Gasteiger partial charge in [-0.3, -0.25) is 9.37 Å². The first-order valence-corrected chi connectivity index (χ1v) is 4.30. The molecule has 1 rings (SSSR count). The van der Waals surface area contributed by atoms with Gasteiger partial charge in [-0.25, -0.2) is 0 Å². The maximum atomic E-state index is 11.7. The summed E-state index contributed by atoms with van der Waals surface area (Å²) in [5, 5.41) is 0. The van der Waals surface area contributed by atoms with Crippen LogP contribution in [0.5, 0.6) is 0 Å². The zero-order valence-corrected chi connectivity index (χ0v) is 7.39. The minimum atomic E-state index is -0.209. The Balaban J connectivity index is 2.37. The third-order valence-corrected chi connectivity index (χ3v) is 1.82. The van der Waals surface area contributed by atoms with Gasteiger partial charge in [0.15, 0.2) is 0 Å². The molecule has 0 N–H and O–H groups in total. The number of alkyl halides is 1. The second-order valence-corrected chi connectivity index (χ2v) is 2.95. The van der Waals surface area contributed by atoms with Crippen LogP contribution in [-0.2, 0) is 6.42 Å². The number of hydrogen-bond donors (Lipinski definition) is 0. The molecule has 1 aromatic heterocycles. The summed E-state index contributed by atoms with van der Waals surface area (Å²) in [6.45, 7) is 1.75. The normalized spacial score (nSPS) is 10.2. The van der Waals surface area contributed by atoms with Gasteiger partial charge in [0.25, 0.3) is 0 Å². The van der Waals surface area contributed by atoms with Gasteiger partial charge in [0.1, 0.15) is 0 Å². The van der Waals surface area contributed by atoms with Crippen LogP contribution in [0.1, 0.15) is 24.1 Å². The molecule has 0 saturated heterocycles. The van der Waals surface area contributed by atoms with Crippen LogP contribution in [0.2, 0.25) is 0 Å². The van der Waals surface area contributed by atoms with Gasteiger partial charge in [-0.05, 0) is 37.8 Å². The van der Waals surface area contributed by atoms with Crippen molar-refractivity contribution in [1.82, 2.24) is 4.98 Å². The number of aryl methyl sites for hydroxylation is 2. The van der Waals surface area contributed by atoms with Gasteiger partial charge in [-0.15, -0.1) is 0 Å². The zero-order chi connectivity index (χ0) is 8.81. The summed E-state index contributed by atoms with van der Waals surface area (Å²) in [5.74, 6) is 0. The van der Waals surface area contributed by atoms with E-state index in [9.17, 15) is 4.39 Å². The Morgan fingerprint density at radius 3 is 2.75 bits per heavy atom. The number of nitrogens with zero attached hydrogens (tertiary/aromatic N) is 1. The highest BCUT2D eigenvalue weighted by Gasteiger charge is 1.93. The Hall–Kier alpha value is -0.920. The van der Waals surface area contributed by atoms with Gasteiger partial charge < -0.3 is 0 Å². The summed E-state index contributed by atoms with van der Waals surface area (Å²) in [4.78, 5) is 4.16. The maximum absolute atomic E-state index is 11.7. The number of rotatable bonds is 4. The number of hydrogen-bond acceptors (Lipinski definition) is 1. The smallest absolute Gasteiger partial charge is 0.0894 e. The first kappa shape index (κ1) is 9.17. The molecular weight excluding hydrogens is 153 g/mol. The second kappa shape index (κ2) is 4.86. The van der Waals surface area contributed by atoms with Crippen LogP contribution in [0.15, 0.2) is 18.3 Å². The van der Waals surface area contributed by atoms with Crippen molar-refractivity contribution in [2.45, 2.75) is 26.2 Å². The van der Waals surface area contributed by atoms with Crippen LogP contribution in [0.25, 0.3) is 0 Å². The number of pyridine rings is 1. The molecule has 1 nitrogen and oxygen atoms in total. The lowest BCUT2D eigenvalue weighted by Gasteiger charge is -1.98. The molecule has 66 valence electrons. The fourth-order valence-electron chi connectivity index (χ4n) is 1.07. The predicted molar refractivity (Wildman–Crippen MR) is 47.9 cm³/mol. The Labute approximate surface area is 72.6 Å². The molecule has 0 aliphatic carbocycles. The fraction of sp³-hybridized carbons (Fsp3) is 0.500. The Morgan fingerprint density at radius 1 is 1.33 bits per heavy atom. The molecule has 1 aromatic rings. The molecule has 0 amide bonds. The van der Waals surface area contributed by atoms with E-state index in [1.807, 2.05) is 19.2 Å². The first-order chi connectivity index (χ1) is 5.83. The largest absolute Gasteiger partial charge is 0.261 e. The molecule has 2 heteroatoms. The van der Waals surface area contributed by atoms with E-state index in [1.54, 1.807) is 0 Å². The van der Waals surface area contributed by atoms with E-state index in [0.29, 0.717) is 6.42 Å². The molecule has 0 aromatic carbocycles. The zero-order valence-electron chi connectivity index (χ0n) is 7.39. The quantitative estimate of drug-likeness (QED) is 0.628. The van der Waals surface area contributed by atoms with Crippen molar-refractivity contribution < 1.29 is 4.39 Å². The van der Waals surface area contributed by atoms with E-state index in [0.717, 1.165) is 18.5 Å². The highest BCUT2D eigenvalue weighted by molar-refractivity contribution is 5.12. The average molecular weight is 167 g/mol. The first-order valence-electron chi connectivity index (χ1n) is 4.30. The van der Waals surface area contributed by atoms with Gasteiger partial charge >= 0.3 is 0 Å². The van der Waals surface area contributed by atoms with E-state index in [4.69, 9.17) is 0 Å². The van der Waals surface area contributed by atoms with Crippen molar-refractivity contribution in [3.63, 3.8) is 0 Å². The molecule has 0 saturated carbocycles. The topological polar surface area (TPSA) is 12.9 Å². The summed E-state index contributed by atoms with van der Waals surface area (Å²) < 4.78 is 11.7. The Bertz CT molecular complexity index is 218. The fourth-order valence-corrected chi connectivity index (χ4v) is 1.07. The highest BCUT2D eigenvalue weighted by Crippen LogP contribution is 2.04. The molecule has 1 heterocycles. The van der Waals surface area contributed by atoms with Crippen LogP contribution in [0, 0.1) is 6.92 Å². The second-order valence-electron chi connectivity index (χ2n) is 2.95. The van der Waals surface area contributed by atoms with Crippen molar-refractivity contribution in [2.75, 3.05) is 6.67 Å². The standard InChI is InChI=1S/C10H14FN/c1-9-5-6-10(8-12-9)4-2-3-7-11/h5-6,8H,2-4,7H2,1H3. The van der Waals surface area contributed by atoms with E-state index in [1.165, 1.54) is 5.56 Å². The van der Waals surface area contributed by atoms with Crippen LogP contribution in [0.4, 0.5) is 4.39 Å². The maximum Gasteiger partial charge on any atom is 0.0894 e. The molecule has 0 unspecified atom stereocenters. The van der Waals surface area contributed by atoms with E-state index >= 15 is 0 Å². The van der Waals surface area contributed by atoms with Gasteiger partial charge in [0.2, 0.25) is 0 Å². The number of unbranched alkanes of at least 4 members (excludes halogenated alkanes) is 1. The van der Waals surface area contributed by atoms with Crippen molar-refractivity contribution in [3.05, 3.63) is 29.6 Å². The summed E-state index contributed by atoms with van der Waals surface area (Å²) in [5.41, 5.74) is 2.23. The lowest BCUT2D eigenvalue weighted by molar-refractivity contribution is 0.462. The Kier molecular flexibility index (Phi) is 3.71. The molecule has 0 spiro atoms. The van der Waals surface area contributed by atoms with Crippen molar-refractivity contribution >= 4 is 0 Å². The van der Waals surface area contributed by atoms with Gasteiger partial charge in [-0.2, -0.15) is 0 Å². The monoisotopic (exact) mass is 167 g/mol. The minimum Gasteiger partial charge on any atom is -0.261 e. The van der Waals surface area contributed by atoms with Crippen LogP contribution < -0.4 is 0 Å². The van der Waals surface area contributed by atoms with E-state index in [2.05, 4.69) is 11.1 Å². The number of aromatic nitrogens is 1. The van der Waals surface area contributed by atoms with Gasteiger partial charge in [0.05, 0.1) is 6.67 Å². The van der Waals surface area contributed by atoms with Crippen molar-refractivity contribution in [1.29, 1.82) is 0 Å². The van der Waals surface area contributed by atoms with Gasteiger partial charge in [-0.1, -0.05) is 6.07 Å². The molecule has 0 atom stereocenters. The van der Waals surface area contributed by atoms with Crippen molar-refractivity contribution in [2.24, 2.45) is 0 Å². The molecule has 0 fully saturated rings. The average Bonchev–Trinajstić information content (AvgIpc) is 2.09. The van der Waals surface area contributed by atoms with E-state index < -0.39 is 0 Å². The van der Waals surface area contributed by atoms with Gasteiger partial charge in [0, 0.05) is 11.9 Å². The van der Waals surface area contributed by atoms with E-state index in [-0.39, 0.29) is 6.67 Å². The summed E-state index contributed by atoms with van der Waals surface area (Å²) in [7, 11) is 0. The molecule has 12 heavy (non-hydrogen) atoms. The third kappa shape index (κ3) is 2.99. The molecule has 0 aliphatic rings. The summed E-state index contributed by atoms with van der Waals surface area (Å²) >= 11 is 0. The minimum absolute atomic E-state index is 0.209. The SMILES string of the molecule is Cc1ccc(CCCCF)cn1. The van der Waals surface area contributed by atoms with Crippen molar-refractivity contribution in [3.8, 4) is 0 Å². The summed E-state index contributed by atoms with van der Waals surface area (Å²) in [6, 6.07) is 4.05. The lowest BCUT2D eigenvalue weighted by atomic mass is 10.1. The predicted octanol–water partition coefficient (Wildman–Crippen LogP) is 2.68.